The Kier molecular flexibility index (Phi) is 7.78. The highest BCUT2D eigenvalue weighted by atomic mass is 127. The third kappa shape index (κ3) is 6.62. The number of carboxylic acid groups (broad SMARTS) is 2. The summed E-state index contributed by atoms with van der Waals surface area (Å²) in [5.41, 5.74) is 1.82. The van der Waals surface area contributed by atoms with Crippen LogP contribution in [0, 0.1) is 9.49 Å². The van der Waals surface area contributed by atoms with Gasteiger partial charge in [-0.25, -0.2) is 4.98 Å². The van der Waals surface area contributed by atoms with Gasteiger partial charge in [-0.3, -0.25) is 14.9 Å². The largest absolute Gasteiger partial charge is 0.480 e. The Labute approximate surface area is 171 Å². The molecule has 0 saturated carbocycles. The zero-order valence-corrected chi connectivity index (χ0v) is 17.5. The Balaban J connectivity index is 2.12. The minimum absolute atomic E-state index is 0.138. The van der Waals surface area contributed by atoms with Crippen molar-refractivity contribution in [2.45, 2.75) is 45.3 Å². The van der Waals surface area contributed by atoms with Crippen molar-refractivity contribution in [3.8, 4) is 0 Å². The molecule has 0 aliphatic carbocycles. The van der Waals surface area contributed by atoms with Crippen molar-refractivity contribution in [2.75, 3.05) is 0 Å². The molecule has 0 unspecified atom stereocenters. The van der Waals surface area contributed by atoms with Gasteiger partial charge in [-0.05, 0) is 52.6 Å². The zero-order chi connectivity index (χ0) is 20.0. The first kappa shape index (κ1) is 21.4. The summed E-state index contributed by atoms with van der Waals surface area (Å²) in [5.74, 6) is -1.98. The second-order valence-electron chi connectivity index (χ2n) is 6.92. The highest BCUT2D eigenvalue weighted by molar-refractivity contribution is 14.1. The average molecular weight is 485 g/mol. The lowest BCUT2D eigenvalue weighted by atomic mass is 10.0. The second-order valence-corrected chi connectivity index (χ2v) is 8.17. The van der Waals surface area contributed by atoms with E-state index in [2.05, 4.69) is 32.9 Å². The van der Waals surface area contributed by atoms with Gasteiger partial charge in [0.15, 0.2) is 0 Å². The van der Waals surface area contributed by atoms with Gasteiger partial charge in [-0.1, -0.05) is 26.0 Å². The summed E-state index contributed by atoms with van der Waals surface area (Å²) in [5, 5.41) is 21.7. The van der Waals surface area contributed by atoms with Crippen LogP contribution >= 0.6 is 22.6 Å². The summed E-state index contributed by atoms with van der Waals surface area (Å²) in [4.78, 5) is 27.3. The molecule has 0 aliphatic rings. The molecule has 27 heavy (non-hydrogen) atoms. The number of rotatable bonds is 10. The molecule has 2 atom stereocenters. The molecule has 2 aromatic rings. The van der Waals surface area contributed by atoms with Crippen LogP contribution in [-0.2, 0) is 22.6 Å². The van der Waals surface area contributed by atoms with Crippen molar-refractivity contribution in [1.82, 2.24) is 14.9 Å². The molecular weight excluding hydrogens is 461 g/mol. The van der Waals surface area contributed by atoms with Gasteiger partial charge in [0, 0.05) is 28.4 Å². The van der Waals surface area contributed by atoms with E-state index in [1.807, 2.05) is 42.7 Å². The van der Waals surface area contributed by atoms with Crippen LogP contribution in [0.2, 0.25) is 0 Å². The van der Waals surface area contributed by atoms with Crippen LogP contribution in [0.4, 0.5) is 0 Å². The van der Waals surface area contributed by atoms with E-state index in [0.717, 1.165) is 14.8 Å². The van der Waals surface area contributed by atoms with Crippen molar-refractivity contribution < 1.29 is 19.8 Å². The van der Waals surface area contributed by atoms with Gasteiger partial charge < -0.3 is 14.8 Å². The highest BCUT2D eigenvalue weighted by Crippen LogP contribution is 2.13. The quantitative estimate of drug-likeness (QED) is 0.447. The van der Waals surface area contributed by atoms with Crippen LogP contribution in [0.5, 0.6) is 0 Å². The second kappa shape index (κ2) is 9.84. The minimum atomic E-state index is -1.08. The van der Waals surface area contributed by atoms with Gasteiger partial charge in [0.1, 0.15) is 12.1 Å². The maximum Gasteiger partial charge on any atom is 0.321 e. The van der Waals surface area contributed by atoms with E-state index in [4.69, 9.17) is 0 Å². The standard InChI is InChI=1S/C19H24IN3O4/c1-12(2)7-16(18(24)25)22-17(19(26)27)8-15-9-21-11-23(15)10-13-3-5-14(20)6-4-13/h3-6,9,11-12,16-17,22H,7-8,10H2,1-2H3,(H,24,25)(H,26,27)/t16-,17-/m0/s1. The Morgan fingerprint density at radius 2 is 1.78 bits per heavy atom. The first-order chi connectivity index (χ1) is 12.8. The van der Waals surface area contributed by atoms with Crippen molar-refractivity contribution in [1.29, 1.82) is 0 Å². The van der Waals surface area contributed by atoms with E-state index in [1.165, 1.54) is 0 Å². The molecule has 0 radical (unpaired) electrons. The number of imidazole rings is 1. The molecule has 1 heterocycles. The molecule has 7 nitrogen and oxygen atoms in total. The number of nitrogens with one attached hydrogen (secondary N) is 1. The smallest absolute Gasteiger partial charge is 0.321 e. The Hall–Kier alpha value is -1.94. The van der Waals surface area contributed by atoms with Crippen molar-refractivity contribution in [3.63, 3.8) is 0 Å². The summed E-state index contributed by atoms with van der Waals surface area (Å²) in [7, 11) is 0. The van der Waals surface area contributed by atoms with Crippen LogP contribution in [-0.4, -0.2) is 43.8 Å². The van der Waals surface area contributed by atoms with E-state index < -0.39 is 24.0 Å². The predicted molar refractivity (Wildman–Crippen MR) is 110 cm³/mol. The van der Waals surface area contributed by atoms with E-state index in [0.29, 0.717) is 13.0 Å². The van der Waals surface area contributed by atoms with Crippen LogP contribution in [0.15, 0.2) is 36.8 Å². The Bertz CT molecular complexity index is 774. The van der Waals surface area contributed by atoms with Gasteiger partial charge in [0.2, 0.25) is 0 Å². The van der Waals surface area contributed by atoms with Gasteiger partial charge in [0.25, 0.3) is 0 Å². The lowest BCUT2D eigenvalue weighted by Gasteiger charge is -2.22. The van der Waals surface area contributed by atoms with Crippen LogP contribution in [0.3, 0.4) is 0 Å². The third-order valence-electron chi connectivity index (χ3n) is 4.18. The first-order valence-electron chi connectivity index (χ1n) is 8.71. The number of benzene rings is 1. The molecule has 146 valence electrons. The monoisotopic (exact) mass is 485 g/mol. The highest BCUT2D eigenvalue weighted by Gasteiger charge is 2.27. The molecule has 1 aromatic heterocycles. The zero-order valence-electron chi connectivity index (χ0n) is 15.3. The number of carbonyl (C=O) groups is 2. The average Bonchev–Trinajstić information content (AvgIpc) is 3.01. The van der Waals surface area contributed by atoms with Crippen molar-refractivity contribution >= 4 is 34.5 Å². The van der Waals surface area contributed by atoms with Crippen LogP contribution < -0.4 is 5.32 Å². The predicted octanol–water partition coefficient (Wildman–Crippen LogP) is 2.62. The van der Waals surface area contributed by atoms with Gasteiger partial charge in [-0.2, -0.15) is 0 Å². The fourth-order valence-electron chi connectivity index (χ4n) is 2.83. The normalized spacial score (nSPS) is 13.5. The molecule has 0 spiro atoms. The number of nitrogens with zero attached hydrogens (tertiary/aromatic N) is 2. The molecular formula is C19H24IN3O4. The molecule has 0 saturated heterocycles. The molecule has 0 fully saturated rings. The minimum Gasteiger partial charge on any atom is -0.480 e. The molecule has 1 aromatic carbocycles. The lowest BCUT2D eigenvalue weighted by molar-refractivity contribution is -0.142. The molecule has 8 heteroatoms. The number of hydrogen-bond acceptors (Lipinski definition) is 4. The van der Waals surface area contributed by atoms with E-state index in [9.17, 15) is 19.8 Å². The summed E-state index contributed by atoms with van der Waals surface area (Å²) < 4.78 is 3.03. The van der Waals surface area contributed by atoms with Gasteiger partial charge in [-0.15, -0.1) is 0 Å². The molecule has 0 bridgehead atoms. The summed E-state index contributed by atoms with van der Waals surface area (Å²) in [6, 6.07) is 6.15. The van der Waals surface area contributed by atoms with Crippen molar-refractivity contribution in [3.05, 3.63) is 51.6 Å². The Morgan fingerprint density at radius 1 is 1.15 bits per heavy atom. The lowest BCUT2D eigenvalue weighted by Crippen LogP contribution is -2.49. The number of aliphatic carboxylic acids is 2. The van der Waals surface area contributed by atoms with Crippen LogP contribution in [0.25, 0.3) is 0 Å². The van der Waals surface area contributed by atoms with Crippen molar-refractivity contribution in [2.24, 2.45) is 5.92 Å². The Morgan fingerprint density at radius 3 is 2.33 bits per heavy atom. The van der Waals surface area contributed by atoms with E-state index in [1.54, 1.807) is 12.5 Å². The van der Waals surface area contributed by atoms with Crippen LogP contribution in [0.1, 0.15) is 31.5 Å². The molecule has 0 aliphatic heterocycles. The van der Waals surface area contributed by atoms with E-state index in [-0.39, 0.29) is 12.3 Å². The number of aromatic nitrogens is 2. The number of carboxylic acids is 2. The van der Waals surface area contributed by atoms with Gasteiger partial charge >= 0.3 is 11.9 Å². The molecule has 2 rings (SSSR count). The number of hydrogen-bond donors (Lipinski definition) is 3. The fourth-order valence-corrected chi connectivity index (χ4v) is 3.19. The summed E-state index contributed by atoms with van der Waals surface area (Å²) in [6.07, 6.45) is 3.81. The maximum absolute atomic E-state index is 11.7. The van der Waals surface area contributed by atoms with E-state index >= 15 is 0 Å². The topological polar surface area (TPSA) is 104 Å². The first-order valence-corrected chi connectivity index (χ1v) is 9.79. The summed E-state index contributed by atoms with van der Waals surface area (Å²) >= 11 is 2.24. The fraction of sp³-hybridized carbons (Fsp3) is 0.421. The molecule has 0 amide bonds. The number of halogens is 1. The summed E-state index contributed by atoms with van der Waals surface area (Å²) in [6.45, 7) is 4.39. The SMILES string of the molecule is CC(C)C[C@H](N[C@@H](Cc1cncn1Cc1ccc(I)cc1)C(=O)O)C(=O)O. The molecule has 3 N–H and O–H groups in total. The maximum atomic E-state index is 11.7. The van der Waals surface area contributed by atoms with Gasteiger partial charge in [0.05, 0.1) is 6.33 Å². The third-order valence-corrected chi connectivity index (χ3v) is 4.90.